The maximum Gasteiger partial charge on any atom is 0.408 e. The summed E-state index contributed by atoms with van der Waals surface area (Å²) < 4.78 is 5.22. The molecule has 7 nitrogen and oxygen atoms in total. The second-order valence-corrected chi connectivity index (χ2v) is 7.16. The quantitative estimate of drug-likeness (QED) is 0.556. The normalized spacial score (nSPS) is 13.5. The van der Waals surface area contributed by atoms with Gasteiger partial charge in [0.2, 0.25) is 5.91 Å². The molecule has 160 valence electrons. The van der Waals surface area contributed by atoms with Gasteiger partial charge in [-0.3, -0.25) is 4.79 Å². The summed E-state index contributed by atoms with van der Waals surface area (Å²) in [5.41, 5.74) is 1.65. The van der Waals surface area contributed by atoms with Crippen LogP contribution in [0.3, 0.4) is 0 Å². The fourth-order valence-electron chi connectivity index (χ4n) is 2.90. The molecule has 0 aliphatic heterocycles. The van der Waals surface area contributed by atoms with Gasteiger partial charge in [-0.2, -0.15) is 0 Å². The molecule has 0 aliphatic rings. The molecule has 0 bridgehead atoms. The van der Waals surface area contributed by atoms with Gasteiger partial charge in [0.05, 0.1) is 0 Å². The van der Waals surface area contributed by atoms with Crippen molar-refractivity contribution in [1.29, 1.82) is 0 Å². The van der Waals surface area contributed by atoms with Crippen molar-refractivity contribution in [2.75, 3.05) is 0 Å². The molecule has 2 amide bonds. The first kappa shape index (κ1) is 22.9. The van der Waals surface area contributed by atoms with Crippen molar-refractivity contribution in [3.05, 3.63) is 71.8 Å². The van der Waals surface area contributed by atoms with Crippen molar-refractivity contribution in [3.63, 3.8) is 0 Å². The Morgan fingerprint density at radius 1 is 0.933 bits per heavy atom. The lowest BCUT2D eigenvalue weighted by Crippen LogP contribution is -2.54. The number of hydrogen-bond acceptors (Lipinski definition) is 4. The fraction of sp³-hybridized carbons (Fsp3) is 0.348. The van der Waals surface area contributed by atoms with E-state index in [2.05, 4.69) is 10.6 Å². The van der Waals surface area contributed by atoms with Gasteiger partial charge in [-0.25, -0.2) is 9.59 Å². The molecule has 30 heavy (non-hydrogen) atoms. The highest BCUT2D eigenvalue weighted by Crippen LogP contribution is 2.10. The number of ether oxygens (including phenoxy) is 1. The molecule has 0 radical (unpaired) electrons. The highest BCUT2D eigenvalue weighted by atomic mass is 16.5. The van der Waals surface area contributed by atoms with Gasteiger partial charge in [0, 0.05) is 6.42 Å². The predicted octanol–water partition coefficient (Wildman–Crippen LogP) is 3.14. The van der Waals surface area contributed by atoms with Gasteiger partial charge in [0.25, 0.3) is 0 Å². The van der Waals surface area contributed by atoms with Crippen molar-refractivity contribution >= 4 is 18.0 Å². The van der Waals surface area contributed by atoms with Gasteiger partial charge in [-0.1, -0.05) is 80.9 Å². The van der Waals surface area contributed by atoms with E-state index in [-0.39, 0.29) is 18.9 Å². The van der Waals surface area contributed by atoms with E-state index in [0.717, 1.165) is 11.1 Å². The molecule has 7 heteroatoms. The summed E-state index contributed by atoms with van der Waals surface area (Å²) in [6.07, 6.45) is 0.0537. The fourth-order valence-corrected chi connectivity index (χ4v) is 2.90. The summed E-state index contributed by atoms with van der Waals surface area (Å²) in [6.45, 7) is 3.68. The first-order chi connectivity index (χ1) is 14.4. The van der Waals surface area contributed by atoms with Crippen LogP contribution in [0.1, 0.15) is 31.4 Å². The molecular weight excluding hydrogens is 384 g/mol. The summed E-state index contributed by atoms with van der Waals surface area (Å²) in [5, 5.41) is 14.6. The van der Waals surface area contributed by atoms with E-state index >= 15 is 0 Å². The Morgan fingerprint density at radius 2 is 1.50 bits per heavy atom. The number of amides is 2. The topological polar surface area (TPSA) is 105 Å². The number of hydrogen-bond donors (Lipinski definition) is 3. The Balaban J connectivity index is 2.08. The summed E-state index contributed by atoms with van der Waals surface area (Å²) in [4.78, 5) is 36.7. The molecule has 0 heterocycles. The zero-order valence-corrected chi connectivity index (χ0v) is 17.2. The molecule has 3 atom stereocenters. The van der Waals surface area contributed by atoms with Crippen LogP contribution in [0.5, 0.6) is 0 Å². The lowest BCUT2D eigenvalue weighted by Gasteiger charge is -2.24. The Kier molecular flexibility index (Phi) is 8.87. The third-order valence-corrected chi connectivity index (χ3v) is 4.88. The molecule has 3 N–H and O–H groups in total. The third kappa shape index (κ3) is 7.24. The van der Waals surface area contributed by atoms with Crippen molar-refractivity contribution < 1.29 is 24.2 Å². The van der Waals surface area contributed by atoms with Crippen molar-refractivity contribution in [2.45, 2.75) is 45.4 Å². The maximum atomic E-state index is 12.8. The number of carboxylic acids is 1. The molecule has 0 saturated carbocycles. The second-order valence-electron chi connectivity index (χ2n) is 7.16. The van der Waals surface area contributed by atoms with E-state index < -0.39 is 30.1 Å². The minimum Gasteiger partial charge on any atom is -0.480 e. The van der Waals surface area contributed by atoms with Crippen LogP contribution in [0.4, 0.5) is 4.79 Å². The zero-order chi connectivity index (χ0) is 21.9. The molecule has 0 saturated heterocycles. The SMILES string of the molecule is CC[C@H](C)[C@@H](NC(=O)[C@H](Cc1ccccc1)NC(=O)OCc1ccccc1)C(=O)O. The number of carboxylic acid groups (broad SMARTS) is 1. The maximum absolute atomic E-state index is 12.8. The van der Waals surface area contributed by atoms with E-state index in [1.165, 1.54) is 0 Å². The highest BCUT2D eigenvalue weighted by molar-refractivity contribution is 5.89. The Labute approximate surface area is 176 Å². The van der Waals surface area contributed by atoms with Crippen LogP contribution in [0, 0.1) is 5.92 Å². The van der Waals surface area contributed by atoms with Crippen LogP contribution in [-0.2, 0) is 27.4 Å². The van der Waals surface area contributed by atoms with Gasteiger partial charge in [0.1, 0.15) is 18.7 Å². The van der Waals surface area contributed by atoms with E-state index in [1.807, 2.05) is 67.6 Å². The van der Waals surface area contributed by atoms with Crippen molar-refractivity contribution in [1.82, 2.24) is 10.6 Å². The summed E-state index contributed by atoms with van der Waals surface area (Å²) >= 11 is 0. The summed E-state index contributed by atoms with van der Waals surface area (Å²) in [7, 11) is 0. The van der Waals surface area contributed by atoms with Gasteiger partial charge in [-0.15, -0.1) is 0 Å². The van der Waals surface area contributed by atoms with Gasteiger partial charge < -0.3 is 20.5 Å². The minimum atomic E-state index is -1.11. The zero-order valence-electron chi connectivity index (χ0n) is 17.2. The second kappa shape index (κ2) is 11.6. The van der Waals surface area contributed by atoms with Crippen LogP contribution >= 0.6 is 0 Å². The molecule has 0 unspecified atom stereocenters. The smallest absolute Gasteiger partial charge is 0.408 e. The number of rotatable bonds is 10. The van der Waals surface area contributed by atoms with E-state index in [4.69, 9.17) is 4.74 Å². The third-order valence-electron chi connectivity index (χ3n) is 4.88. The number of aliphatic carboxylic acids is 1. The lowest BCUT2D eigenvalue weighted by molar-refractivity contribution is -0.143. The first-order valence-corrected chi connectivity index (χ1v) is 9.95. The minimum absolute atomic E-state index is 0.0664. The standard InChI is InChI=1S/C23H28N2O5/c1-3-16(2)20(22(27)28)25-21(26)19(14-17-10-6-4-7-11-17)24-23(29)30-15-18-12-8-5-9-13-18/h4-13,16,19-20H,3,14-15H2,1-2H3,(H,24,29)(H,25,26)(H,27,28)/t16-,19-,20+/m0/s1. The largest absolute Gasteiger partial charge is 0.480 e. The average molecular weight is 412 g/mol. The van der Waals surface area contributed by atoms with E-state index in [0.29, 0.717) is 6.42 Å². The summed E-state index contributed by atoms with van der Waals surface area (Å²) in [5.74, 6) is -1.93. The molecule has 0 aromatic heterocycles. The molecule has 2 aromatic carbocycles. The molecule has 0 aliphatic carbocycles. The average Bonchev–Trinajstić information content (AvgIpc) is 2.76. The predicted molar refractivity (Wildman–Crippen MR) is 113 cm³/mol. The van der Waals surface area contributed by atoms with Crippen LogP contribution in [0.2, 0.25) is 0 Å². The van der Waals surface area contributed by atoms with Crippen LogP contribution in [-0.4, -0.2) is 35.2 Å². The van der Waals surface area contributed by atoms with Gasteiger partial charge in [-0.05, 0) is 17.0 Å². The van der Waals surface area contributed by atoms with Crippen LogP contribution < -0.4 is 10.6 Å². The van der Waals surface area contributed by atoms with Crippen LogP contribution in [0.25, 0.3) is 0 Å². The molecule has 2 rings (SSSR count). The number of benzene rings is 2. The Bertz CT molecular complexity index is 826. The summed E-state index contributed by atoms with van der Waals surface area (Å²) in [6, 6.07) is 16.4. The van der Waals surface area contributed by atoms with Gasteiger partial charge in [0.15, 0.2) is 0 Å². The van der Waals surface area contributed by atoms with Gasteiger partial charge >= 0.3 is 12.1 Å². The van der Waals surface area contributed by atoms with Crippen molar-refractivity contribution in [2.24, 2.45) is 5.92 Å². The molecule has 0 spiro atoms. The molecule has 0 fully saturated rings. The number of nitrogens with one attached hydrogen (secondary N) is 2. The molecular formula is C23H28N2O5. The van der Waals surface area contributed by atoms with Crippen molar-refractivity contribution in [3.8, 4) is 0 Å². The highest BCUT2D eigenvalue weighted by Gasteiger charge is 2.30. The van der Waals surface area contributed by atoms with E-state index in [9.17, 15) is 19.5 Å². The Hall–Kier alpha value is -3.35. The number of carbonyl (C=O) groups is 3. The van der Waals surface area contributed by atoms with E-state index in [1.54, 1.807) is 6.92 Å². The first-order valence-electron chi connectivity index (χ1n) is 9.95. The molecule has 2 aromatic rings. The Morgan fingerprint density at radius 3 is 2.03 bits per heavy atom. The number of alkyl carbamates (subject to hydrolysis) is 1. The lowest BCUT2D eigenvalue weighted by atomic mass is 9.98. The monoisotopic (exact) mass is 412 g/mol. The van der Waals surface area contributed by atoms with Crippen LogP contribution in [0.15, 0.2) is 60.7 Å². The number of carbonyl (C=O) groups excluding carboxylic acids is 2.